The van der Waals surface area contributed by atoms with Gasteiger partial charge in [-0.3, -0.25) is 9.59 Å². The number of hydrogen-bond donors (Lipinski definition) is 1. The quantitative estimate of drug-likeness (QED) is 0.854. The summed E-state index contributed by atoms with van der Waals surface area (Å²) >= 11 is 2.82. The number of carbonyl (C=O) groups excluding carboxylic acids is 2. The number of rotatable bonds is 5. The molecule has 2 aromatic heterocycles. The van der Waals surface area contributed by atoms with Crippen molar-refractivity contribution in [2.45, 2.75) is 19.4 Å². The fourth-order valence-corrected chi connectivity index (χ4v) is 2.87. The highest BCUT2D eigenvalue weighted by atomic mass is 32.1. The lowest BCUT2D eigenvalue weighted by atomic mass is 10.1. The molecule has 1 N–H and O–H groups in total. The molecule has 2 heterocycles. The molecule has 18 heavy (non-hydrogen) atoms. The normalized spacial score (nSPS) is 12.1. The summed E-state index contributed by atoms with van der Waals surface area (Å²) in [6, 6.07) is 7.11. The van der Waals surface area contributed by atoms with E-state index in [1.807, 2.05) is 29.8 Å². The van der Waals surface area contributed by atoms with Crippen molar-refractivity contribution in [3.8, 4) is 0 Å². The molecule has 5 heteroatoms. The van der Waals surface area contributed by atoms with Crippen molar-refractivity contribution in [2.75, 3.05) is 0 Å². The minimum atomic E-state index is -0.158. The van der Waals surface area contributed by atoms with E-state index in [1.54, 1.807) is 12.1 Å². The van der Waals surface area contributed by atoms with Gasteiger partial charge in [0.1, 0.15) is 0 Å². The van der Waals surface area contributed by atoms with Crippen LogP contribution in [-0.2, 0) is 0 Å². The number of amides is 1. The molecular formula is C13H13NO2S2. The second-order valence-electron chi connectivity index (χ2n) is 3.96. The first-order chi connectivity index (χ1) is 8.66. The van der Waals surface area contributed by atoms with E-state index in [1.165, 1.54) is 22.7 Å². The van der Waals surface area contributed by atoms with Gasteiger partial charge in [0.05, 0.1) is 9.75 Å². The number of nitrogens with one attached hydrogen (secondary N) is 1. The monoisotopic (exact) mass is 279 g/mol. The number of Topliss-reactive ketones (excluding diaryl/α,β-unsaturated/α-hetero) is 1. The molecule has 2 rings (SSSR count). The third-order valence-electron chi connectivity index (χ3n) is 2.41. The lowest BCUT2D eigenvalue weighted by Gasteiger charge is -2.11. The van der Waals surface area contributed by atoms with Gasteiger partial charge >= 0.3 is 0 Å². The second kappa shape index (κ2) is 5.93. The minimum Gasteiger partial charge on any atom is -0.348 e. The van der Waals surface area contributed by atoms with Gasteiger partial charge in [-0.1, -0.05) is 12.1 Å². The van der Waals surface area contributed by atoms with E-state index < -0.39 is 0 Å². The highest BCUT2D eigenvalue weighted by Crippen LogP contribution is 2.13. The molecular weight excluding hydrogens is 266 g/mol. The van der Waals surface area contributed by atoms with Gasteiger partial charge in [0.15, 0.2) is 5.78 Å². The highest BCUT2D eigenvalue weighted by Gasteiger charge is 2.15. The molecule has 0 saturated heterocycles. The van der Waals surface area contributed by atoms with E-state index in [0.29, 0.717) is 11.3 Å². The van der Waals surface area contributed by atoms with Gasteiger partial charge in [-0.05, 0) is 29.8 Å². The lowest BCUT2D eigenvalue weighted by Crippen LogP contribution is -2.33. The lowest BCUT2D eigenvalue weighted by molar-refractivity contribution is 0.0922. The van der Waals surface area contributed by atoms with Crippen LogP contribution >= 0.6 is 22.7 Å². The summed E-state index contributed by atoms with van der Waals surface area (Å²) in [4.78, 5) is 25.0. The second-order valence-corrected chi connectivity index (χ2v) is 5.85. The standard InChI is InChI=1S/C13H13NO2S2/c1-9(8-10(15)11-4-2-6-17-11)14-13(16)12-5-3-7-18-12/h2-7,9H,8H2,1H3,(H,14,16). The molecule has 0 bridgehead atoms. The molecule has 0 saturated carbocycles. The van der Waals surface area contributed by atoms with Crippen molar-refractivity contribution in [1.29, 1.82) is 0 Å². The smallest absolute Gasteiger partial charge is 0.261 e. The molecule has 94 valence electrons. The Bertz CT molecular complexity index is 469. The summed E-state index contributed by atoms with van der Waals surface area (Å²) < 4.78 is 0. The first-order valence-electron chi connectivity index (χ1n) is 5.58. The van der Waals surface area contributed by atoms with Crippen LogP contribution in [0.2, 0.25) is 0 Å². The Kier molecular flexibility index (Phi) is 4.28. The Morgan fingerprint density at radius 2 is 1.78 bits per heavy atom. The summed E-state index contributed by atoms with van der Waals surface area (Å²) in [6.07, 6.45) is 0.331. The largest absolute Gasteiger partial charge is 0.348 e. The Labute approximate surface area is 113 Å². The predicted molar refractivity (Wildman–Crippen MR) is 74.5 cm³/mol. The van der Waals surface area contributed by atoms with Crippen molar-refractivity contribution < 1.29 is 9.59 Å². The molecule has 1 amide bonds. The van der Waals surface area contributed by atoms with Gasteiger partial charge in [-0.25, -0.2) is 0 Å². The van der Waals surface area contributed by atoms with Crippen molar-refractivity contribution in [2.24, 2.45) is 0 Å². The Morgan fingerprint density at radius 1 is 1.17 bits per heavy atom. The molecule has 0 radical (unpaired) electrons. The zero-order valence-electron chi connectivity index (χ0n) is 9.88. The molecule has 1 unspecified atom stereocenters. The summed E-state index contributed by atoms with van der Waals surface area (Å²) in [5, 5.41) is 6.57. The molecule has 3 nitrogen and oxygen atoms in total. The van der Waals surface area contributed by atoms with Crippen LogP contribution in [0, 0.1) is 0 Å². The maximum atomic E-state index is 11.8. The molecule has 2 aromatic rings. The van der Waals surface area contributed by atoms with Gasteiger partial charge in [0, 0.05) is 12.5 Å². The van der Waals surface area contributed by atoms with E-state index >= 15 is 0 Å². The average Bonchev–Trinajstić information content (AvgIpc) is 3.02. The maximum Gasteiger partial charge on any atom is 0.261 e. The zero-order chi connectivity index (χ0) is 13.0. The number of thiophene rings is 2. The Morgan fingerprint density at radius 3 is 2.33 bits per heavy atom. The van der Waals surface area contributed by atoms with Gasteiger partial charge in [0.2, 0.25) is 0 Å². The van der Waals surface area contributed by atoms with Crippen molar-refractivity contribution >= 4 is 34.4 Å². The number of carbonyl (C=O) groups is 2. The minimum absolute atomic E-state index is 0.0731. The molecule has 0 aromatic carbocycles. The van der Waals surface area contributed by atoms with Crippen LogP contribution in [0.1, 0.15) is 32.7 Å². The molecule has 0 aliphatic heterocycles. The number of hydrogen-bond acceptors (Lipinski definition) is 4. The summed E-state index contributed by atoms with van der Waals surface area (Å²) in [5.74, 6) is -0.0412. The van der Waals surface area contributed by atoms with Gasteiger partial charge in [0.25, 0.3) is 5.91 Å². The fraction of sp³-hybridized carbons (Fsp3) is 0.231. The Hall–Kier alpha value is -1.46. The van der Waals surface area contributed by atoms with Crippen LogP contribution in [0.3, 0.4) is 0 Å². The molecule has 0 spiro atoms. The van der Waals surface area contributed by atoms with E-state index in [0.717, 1.165) is 4.88 Å². The van der Waals surface area contributed by atoms with Crippen molar-refractivity contribution in [1.82, 2.24) is 5.32 Å². The summed E-state index contributed by atoms with van der Waals surface area (Å²) in [5.41, 5.74) is 0. The van der Waals surface area contributed by atoms with Crippen molar-refractivity contribution in [3.05, 3.63) is 44.8 Å². The molecule has 0 aliphatic carbocycles. The molecule has 0 aliphatic rings. The molecule has 1 atom stereocenters. The van der Waals surface area contributed by atoms with Gasteiger partial charge in [-0.15, -0.1) is 22.7 Å². The van der Waals surface area contributed by atoms with E-state index in [9.17, 15) is 9.59 Å². The van der Waals surface area contributed by atoms with Crippen LogP contribution in [0.5, 0.6) is 0 Å². The van der Waals surface area contributed by atoms with E-state index in [4.69, 9.17) is 0 Å². The summed E-state index contributed by atoms with van der Waals surface area (Å²) in [6.45, 7) is 1.84. The van der Waals surface area contributed by atoms with Gasteiger partial charge < -0.3 is 5.32 Å². The fourth-order valence-electron chi connectivity index (χ4n) is 1.57. The Balaban J connectivity index is 1.87. The van der Waals surface area contributed by atoms with Gasteiger partial charge in [-0.2, -0.15) is 0 Å². The highest BCUT2D eigenvalue weighted by molar-refractivity contribution is 7.12. The first kappa shape index (κ1) is 13.0. The molecule has 0 fully saturated rings. The number of ketones is 1. The van der Waals surface area contributed by atoms with E-state index in [-0.39, 0.29) is 17.7 Å². The zero-order valence-corrected chi connectivity index (χ0v) is 11.5. The topological polar surface area (TPSA) is 46.2 Å². The third-order valence-corrected chi connectivity index (χ3v) is 4.19. The van der Waals surface area contributed by atoms with E-state index in [2.05, 4.69) is 5.32 Å². The maximum absolute atomic E-state index is 11.8. The van der Waals surface area contributed by atoms with Crippen LogP contribution in [0.25, 0.3) is 0 Å². The van der Waals surface area contributed by atoms with Crippen LogP contribution in [0.15, 0.2) is 35.0 Å². The van der Waals surface area contributed by atoms with Crippen LogP contribution < -0.4 is 5.32 Å². The average molecular weight is 279 g/mol. The van der Waals surface area contributed by atoms with Crippen molar-refractivity contribution in [3.63, 3.8) is 0 Å². The van der Waals surface area contributed by atoms with Crippen LogP contribution in [0.4, 0.5) is 0 Å². The van der Waals surface area contributed by atoms with Crippen LogP contribution in [-0.4, -0.2) is 17.7 Å². The third kappa shape index (κ3) is 3.27. The SMILES string of the molecule is CC(CC(=O)c1cccs1)NC(=O)c1cccs1. The first-order valence-corrected chi connectivity index (χ1v) is 7.34. The predicted octanol–water partition coefficient (Wildman–Crippen LogP) is 3.20. The summed E-state index contributed by atoms with van der Waals surface area (Å²) in [7, 11) is 0.